The molecule has 0 radical (unpaired) electrons. The summed E-state index contributed by atoms with van der Waals surface area (Å²) in [7, 11) is 0. The molecule has 1 aromatic heterocycles. The van der Waals surface area contributed by atoms with Gasteiger partial charge in [0.15, 0.2) is 0 Å². The second kappa shape index (κ2) is 7.74. The standard InChI is InChI=1S/C17H31NO/c1-6-8-12-18(13-9-7-2)14-15-10-11-16(19-15)17(3,4)5/h10-11H,6-9,12-14H2,1-5H3. The van der Waals surface area contributed by atoms with E-state index in [4.69, 9.17) is 4.42 Å². The fraction of sp³-hybridized carbons (Fsp3) is 0.765. The molecular weight excluding hydrogens is 234 g/mol. The molecule has 0 bridgehead atoms. The summed E-state index contributed by atoms with van der Waals surface area (Å²) in [6.07, 6.45) is 5.06. The molecule has 0 fully saturated rings. The van der Waals surface area contributed by atoms with Crippen LogP contribution in [0.3, 0.4) is 0 Å². The van der Waals surface area contributed by atoms with E-state index in [1.165, 1.54) is 38.8 Å². The Morgan fingerprint density at radius 1 is 1.00 bits per heavy atom. The molecule has 0 unspecified atom stereocenters. The summed E-state index contributed by atoms with van der Waals surface area (Å²) in [6, 6.07) is 4.28. The molecule has 2 heteroatoms. The van der Waals surface area contributed by atoms with Gasteiger partial charge in [-0.3, -0.25) is 4.90 Å². The van der Waals surface area contributed by atoms with Crippen molar-refractivity contribution in [2.75, 3.05) is 13.1 Å². The molecule has 0 aliphatic rings. The fourth-order valence-corrected chi connectivity index (χ4v) is 2.12. The zero-order chi connectivity index (χ0) is 14.3. The molecule has 0 aliphatic carbocycles. The minimum Gasteiger partial charge on any atom is -0.464 e. The predicted octanol–water partition coefficient (Wildman–Crippen LogP) is 4.98. The summed E-state index contributed by atoms with van der Waals surface area (Å²) >= 11 is 0. The third kappa shape index (κ3) is 5.82. The van der Waals surface area contributed by atoms with Gasteiger partial charge in [-0.1, -0.05) is 47.5 Å². The number of hydrogen-bond donors (Lipinski definition) is 0. The quantitative estimate of drug-likeness (QED) is 0.659. The van der Waals surface area contributed by atoms with E-state index in [0.717, 1.165) is 18.1 Å². The maximum absolute atomic E-state index is 6.00. The van der Waals surface area contributed by atoms with Gasteiger partial charge in [0.1, 0.15) is 11.5 Å². The van der Waals surface area contributed by atoms with Crippen LogP contribution < -0.4 is 0 Å². The molecule has 2 nitrogen and oxygen atoms in total. The molecule has 0 saturated heterocycles. The van der Waals surface area contributed by atoms with Crippen LogP contribution in [0.2, 0.25) is 0 Å². The fourth-order valence-electron chi connectivity index (χ4n) is 2.12. The van der Waals surface area contributed by atoms with Crippen LogP contribution in [-0.2, 0) is 12.0 Å². The van der Waals surface area contributed by atoms with Crippen LogP contribution in [0, 0.1) is 0 Å². The molecule has 110 valence electrons. The van der Waals surface area contributed by atoms with Crippen molar-refractivity contribution in [2.45, 2.75) is 72.3 Å². The Labute approximate surface area is 119 Å². The van der Waals surface area contributed by atoms with Crippen molar-refractivity contribution in [1.29, 1.82) is 0 Å². The van der Waals surface area contributed by atoms with Crippen molar-refractivity contribution in [3.63, 3.8) is 0 Å². The summed E-state index contributed by atoms with van der Waals surface area (Å²) in [5.41, 5.74) is 0.107. The minimum absolute atomic E-state index is 0.107. The first-order valence-electron chi connectivity index (χ1n) is 7.79. The zero-order valence-corrected chi connectivity index (χ0v) is 13.5. The average molecular weight is 265 g/mol. The van der Waals surface area contributed by atoms with Gasteiger partial charge in [0.2, 0.25) is 0 Å². The Bertz CT molecular complexity index is 340. The molecule has 1 aromatic rings. The summed E-state index contributed by atoms with van der Waals surface area (Å²) in [4.78, 5) is 2.53. The molecule has 0 aromatic carbocycles. The Morgan fingerprint density at radius 3 is 2.00 bits per heavy atom. The Hall–Kier alpha value is -0.760. The van der Waals surface area contributed by atoms with Crippen LogP contribution in [0.1, 0.15) is 71.8 Å². The highest BCUT2D eigenvalue weighted by molar-refractivity contribution is 5.14. The predicted molar refractivity (Wildman–Crippen MR) is 82.5 cm³/mol. The van der Waals surface area contributed by atoms with Crippen LogP contribution in [0.25, 0.3) is 0 Å². The van der Waals surface area contributed by atoms with Crippen LogP contribution >= 0.6 is 0 Å². The molecule has 0 N–H and O–H groups in total. The molecule has 19 heavy (non-hydrogen) atoms. The second-order valence-corrected chi connectivity index (χ2v) is 6.50. The third-order valence-corrected chi connectivity index (χ3v) is 3.44. The van der Waals surface area contributed by atoms with Gasteiger partial charge in [-0.2, -0.15) is 0 Å². The highest BCUT2D eigenvalue weighted by Crippen LogP contribution is 2.24. The van der Waals surface area contributed by atoms with Crippen molar-refractivity contribution in [2.24, 2.45) is 0 Å². The topological polar surface area (TPSA) is 16.4 Å². The van der Waals surface area contributed by atoms with Crippen molar-refractivity contribution < 1.29 is 4.42 Å². The van der Waals surface area contributed by atoms with Crippen molar-refractivity contribution in [3.8, 4) is 0 Å². The highest BCUT2D eigenvalue weighted by Gasteiger charge is 2.18. The lowest BCUT2D eigenvalue weighted by Gasteiger charge is -2.21. The van der Waals surface area contributed by atoms with Gasteiger partial charge in [-0.05, 0) is 38.1 Å². The summed E-state index contributed by atoms with van der Waals surface area (Å²) in [6.45, 7) is 14.4. The van der Waals surface area contributed by atoms with Gasteiger partial charge < -0.3 is 4.42 Å². The first-order chi connectivity index (χ1) is 8.97. The van der Waals surface area contributed by atoms with E-state index < -0.39 is 0 Å². The molecule has 0 aliphatic heterocycles. The summed E-state index contributed by atoms with van der Waals surface area (Å²) in [5.74, 6) is 2.20. The third-order valence-electron chi connectivity index (χ3n) is 3.44. The number of nitrogens with zero attached hydrogens (tertiary/aromatic N) is 1. The van der Waals surface area contributed by atoms with Crippen molar-refractivity contribution >= 4 is 0 Å². The monoisotopic (exact) mass is 265 g/mol. The van der Waals surface area contributed by atoms with E-state index >= 15 is 0 Å². The molecule has 1 heterocycles. The van der Waals surface area contributed by atoms with Gasteiger partial charge in [-0.15, -0.1) is 0 Å². The zero-order valence-electron chi connectivity index (χ0n) is 13.5. The minimum atomic E-state index is 0.107. The van der Waals surface area contributed by atoms with E-state index in [0.29, 0.717) is 0 Å². The number of rotatable bonds is 8. The van der Waals surface area contributed by atoms with Crippen LogP contribution in [-0.4, -0.2) is 18.0 Å². The number of unbranched alkanes of at least 4 members (excludes halogenated alkanes) is 2. The van der Waals surface area contributed by atoms with E-state index in [-0.39, 0.29) is 5.41 Å². The van der Waals surface area contributed by atoms with Gasteiger partial charge in [0.05, 0.1) is 6.54 Å². The Kier molecular flexibility index (Phi) is 6.64. The van der Waals surface area contributed by atoms with Crippen molar-refractivity contribution in [1.82, 2.24) is 4.90 Å². The SMILES string of the molecule is CCCCN(CCCC)Cc1ccc(C(C)(C)C)o1. The molecule has 0 spiro atoms. The molecular formula is C17H31NO. The molecule has 1 rings (SSSR count). The Morgan fingerprint density at radius 2 is 1.58 bits per heavy atom. The maximum Gasteiger partial charge on any atom is 0.118 e. The number of hydrogen-bond acceptors (Lipinski definition) is 2. The van der Waals surface area contributed by atoms with Crippen molar-refractivity contribution in [3.05, 3.63) is 23.7 Å². The number of furan rings is 1. The summed E-state index contributed by atoms with van der Waals surface area (Å²) < 4.78 is 6.00. The van der Waals surface area contributed by atoms with E-state index in [1.54, 1.807) is 0 Å². The van der Waals surface area contributed by atoms with E-state index in [1.807, 2.05) is 0 Å². The maximum atomic E-state index is 6.00. The van der Waals surface area contributed by atoms with Gasteiger partial charge in [0, 0.05) is 5.41 Å². The largest absolute Gasteiger partial charge is 0.464 e. The molecule has 0 atom stereocenters. The smallest absolute Gasteiger partial charge is 0.118 e. The molecule has 0 saturated carbocycles. The van der Waals surface area contributed by atoms with Gasteiger partial charge in [-0.25, -0.2) is 0 Å². The second-order valence-electron chi connectivity index (χ2n) is 6.50. The van der Waals surface area contributed by atoms with Crippen LogP contribution in [0.15, 0.2) is 16.5 Å². The Balaban J connectivity index is 2.59. The highest BCUT2D eigenvalue weighted by atomic mass is 16.3. The lowest BCUT2D eigenvalue weighted by atomic mass is 9.94. The lowest BCUT2D eigenvalue weighted by molar-refractivity contribution is 0.231. The van der Waals surface area contributed by atoms with Gasteiger partial charge >= 0.3 is 0 Å². The lowest BCUT2D eigenvalue weighted by Crippen LogP contribution is -2.25. The normalized spacial score (nSPS) is 12.3. The first kappa shape index (κ1) is 16.3. The average Bonchev–Trinajstić information content (AvgIpc) is 2.81. The van der Waals surface area contributed by atoms with Crippen LogP contribution in [0.4, 0.5) is 0 Å². The van der Waals surface area contributed by atoms with E-state index in [9.17, 15) is 0 Å². The van der Waals surface area contributed by atoms with Gasteiger partial charge in [0.25, 0.3) is 0 Å². The first-order valence-corrected chi connectivity index (χ1v) is 7.79. The molecule has 0 amide bonds. The van der Waals surface area contributed by atoms with Crippen LogP contribution in [0.5, 0.6) is 0 Å². The van der Waals surface area contributed by atoms with E-state index in [2.05, 4.69) is 51.7 Å². The summed E-state index contributed by atoms with van der Waals surface area (Å²) in [5, 5.41) is 0.